The smallest absolute Gasteiger partial charge is 0.319 e. The maximum absolute atomic E-state index is 12.0. The second kappa shape index (κ2) is 8.14. The van der Waals surface area contributed by atoms with Crippen molar-refractivity contribution in [3.63, 3.8) is 0 Å². The molecule has 2 amide bonds. The number of carbonyl (C=O) groups excluding carboxylic acids is 1. The highest BCUT2D eigenvalue weighted by atomic mass is 16.4. The SMILES string of the molecule is CCCC(CC(=O)O)NC(=O)Nc1ccccc1N(C)C. The molecule has 3 N–H and O–H groups in total. The van der Waals surface area contributed by atoms with E-state index in [4.69, 9.17) is 5.11 Å². The molecular weight excluding hydrogens is 270 g/mol. The summed E-state index contributed by atoms with van der Waals surface area (Å²) in [6, 6.07) is 6.69. The van der Waals surface area contributed by atoms with Gasteiger partial charge in [0.2, 0.25) is 0 Å². The van der Waals surface area contributed by atoms with Gasteiger partial charge in [0.25, 0.3) is 0 Å². The van der Waals surface area contributed by atoms with Crippen molar-refractivity contribution in [3.8, 4) is 0 Å². The van der Waals surface area contributed by atoms with E-state index in [0.29, 0.717) is 12.1 Å². The van der Waals surface area contributed by atoms with Crippen LogP contribution in [0, 0.1) is 0 Å². The Hall–Kier alpha value is -2.24. The average molecular weight is 293 g/mol. The highest BCUT2D eigenvalue weighted by molar-refractivity contribution is 5.93. The lowest BCUT2D eigenvalue weighted by Crippen LogP contribution is -2.39. The van der Waals surface area contributed by atoms with Crippen LogP contribution < -0.4 is 15.5 Å². The minimum Gasteiger partial charge on any atom is -0.481 e. The summed E-state index contributed by atoms with van der Waals surface area (Å²) in [6.07, 6.45) is 1.37. The van der Waals surface area contributed by atoms with Gasteiger partial charge in [-0.2, -0.15) is 0 Å². The van der Waals surface area contributed by atoms with Crippen LogP contribution in [0.5, 0.6) is 0 Å². The molecule has 6 nitrogen and oxygen atoms in total. The Morgan fingerprint density at radius 1 is 1.29 bits per heavy atom. The maximum atomic E-state index is 12.0. The zero-order valence-corrected chi connectivity index (χ0v) is 12.7. The van der Waals surface area contributed by atoms with Crippen molar-refractivity contribution in [1.29, 1.82) is 0 Å². The molecule has 0 aliphatic rings. The van der Waals surface area contributed by atoms with Crippen molar-refractivity contribution in [2.75, 3.05) is 24.3 Å². The number of carboxylic acids is 1. The highest BCUT2D eigenvalue weighted by Gasteiger charge is 2.16. The van der Waals surface area contributed by atoms with E-state index >= 15 is 0 Å². The fourth-order valence-electron chi connectivity index (χ4n) is 2.10. The number of rotatable bonds is 7. The van der Waals surface area contributed by atoms with Gasteiger partial charge in [0.1, 0.15) is 0 Å². The fraction of sp³-hybridized carbons (Fsp3) is 0.467. The molecule has 1 rings (SSSR count). The molecule has 1 aromatic rings. The van der Waals surface area contributed by atoms with Crippen molar-refractivity contribution in [3.05, 3.63) is 24.3 Å². The molecule has 1 unspecified atom stereocenters. The molecule has 1 atom stereocenters. The number of para-hydroxylation sites is 2. The zero-order chi connectivity index (χ0) is 15.8. The molecule has 0 spiro atoms. The number of hydrogen-bond acceptors (Lipinski definition) is 3. The van der Waals surface area contributed by atoms with Gasteiger partial charge in [-0.3, -0.25) is 4.79 Å². The predicted octanol–water partition coefficient (Wildman–Crippen LogP) is 2.52. The lowest BCUT2D eigenvalue weighted by Gasteiger charge is -2.20. The van der Waals surface area contributed by atoms with Gasteiger partial charge < -0.3 is 20.6 Å². The zero-order valence-electron chi connectivity index (χ0n) is 12.7. The number of nitrogens with zero attached hydrogens (tertiary/aromatic N) is 1. The number of carboxylic acid groups (broad SMARTS) is 1. The van der Waals surface area contributed by atoms with Gasteiger partial charge >= 0.3 is 12.0 Å². The third-order valence-corrected chi connectivity index (χ3v) is 3.03. The van der Waals surface area contributed by atoms with Gasteiger partial charge in [-0.05, 0) is 18.6 Å². The number of nitrogens with one attached hydrogen (secondary N) is 2. The van der Waals surface area contributed by atoms with E-state index in [-0.39, 0.29) is 18.5 Å². The van der Waals surface area contributed by atoms with E-state index < -0.39 is 5.97 Å². The third-order valence-electron chi connectivity index (χ3n) is 3.03. The summed E-state index contributed by atoms with van der Waals surface area (Å²) in [5.41, 5.74) is 1.57. The number of amides is 2. The molecule has 0 fully saturated rings. The van der Waals surface area contributed by atoms with Crippen molar-refractivity contribution in [1.82, 2.24) is 5.32 Å². The molecule has 6 heteroatoms. The Balaban J connectivity index is 2.70. The Bertz CT molecular complexity index is 489. The van der Waals surface area contributed by atoms with Crippen molar-refractivity contribution < 1.29 is 14.7 Å². The number of hydrogen-bond donors (Lipinski definition) is 3. The molecule has 0 aromatic heterocycles. The Kier molecular flexibility index (Phi) is 6.52. The molecule has 0 bridgehead atoms. The third kappa shape index (κ3) is 5.72. The number of aliphatic carboxylic acids is 1. The van der Waals surface area contributed by atoms with Crippen LogP contribution in [0.3, 0.4) is 0 Å². The quantitative estimate of drug-likeness (QED) is 0.721. The number of benzene rings is 1. The first kappa shape index (κ1) is 16.8. The summed E-state index contributed by atoms with van der Waals surface area (Å²) in [5.74, 6) is -0.914. The number of carbonyl (C=O) groups is 2. The molecule has 0 saturated carbocycles. The Morgan fingerprint density at radius 3 is 2.52 bits per heavy atom. The Labute approximate surface area is 125 Å². The normalized spacial score (nSPS) is 11.6. The van der Waals surface area contributed by atoms with Gasteiger partial charge in [0.15, 0.2) is 0 Å². The molecule has 0 saturated heterocycles. The summed E-state index contributed by atoms with van der Waals surface area (Å²) >= 11 is 0. The summed E-state index contributed by atoms with van der Waals surface area (Å²) in [7, 11) is 3.78. The molecule has 0 heterocycles. The monoisotopic (exact) mass is 293 g/mol. The maximum Gasteiger partial charge on any atom is 0.319 e. The molecule has 1 aromatic carbocycles. The molecule has 116 valence electrons. The van der Waals surface area contributed by atoms with Crippen LogP contribution in [0.25, 0.3) is 0 Å². The first-order chi connectivity index (χ1) is 9.93. The van der Waals surface area contributed by atoms with E-state index in [0.717, 1.165) is 12.1 Å². The molecular formula is C15H23N3O3. The van der Waals surface area contributed by atoms with Gasteiger partial charge in [-0.25, -0.2) is 4.79 Å². The van der Waals surface area contributed by atoms with E-state index in [9.17, 15) is 9.59 Å². The van der Waals surface area contributed by atoms with Crippen molar-refractivity contribution in [2.24, 2.45) is 0 Å². The topological polar surface area (TPSA) is 81.7 Å². The predicted molar refractivity (Wildman–Crippen MR) is 83.9 cm³/mol. The van der Waals surface area contributed by atoms with Crippen LogP contribution in [-0.4, -0.2) is 37.2 Å². The largest absolute Gasteiger partial charge is 0.481 e. The lowest BCUT2D eigenvalue weighted by molar-refractivity contribution is -0.137. The molecule has 0 aliphatic heterocycles. The van der Waals surface area contributed by atoms with E-state index in [1.165, 1.54) is 0 Å². The summed E-state index contributed by atoms with van der Waals surface area (Å²) < 4.78 is 0. The highest BCUT2D eigenvalue weighted by Crippen LogP contribution is 2.23. The van der Waals surface area contributed by atoms with Crippen LogP contribution in [0.1, 0.15) is 26.2 Å². The molecule has 0 radical (unpaired) electrons. The van der Waals surface area contributed by atoms with Crippen molar-refractivity contribution in [2.45, 2.75) is 32.2 Å². The van der Waals surface area contributed by atoms with Gasteiger partial charge in [-0.1, -0.05) is 25.5 Å². The van der Waals surface area contributed by atoms with Crippen LogP contribution in [0.4, 0.5) is 16.2 Å². The van der Waals surface area contributed by atoms with Crippen LogP contribution in [-0.2, 0) is 4.79 Å². The van der Waals surface area contributed by atoms with Crippen molar-refractivity contribution >= 4 is 23.4 Å². The molecule has 21 heavy (non-hydrogen) atoms. The minimum absolute atomic E-state index is 0.0728. The number of anilines is 2. The van der Waals surface area contributed by atoms with E-state index in [1.807, 2.05) is 44.1 Å². The standard InChI is InChI=1S/C15H23N3O3/c1-4-7-11(10-14(19)20)16-15(21)17-12-8-5-6-9-13(12)18(2)3/h5-6,8-9,11H,4,7,10H2,1-3H3,(H,19,20)(H2,16,17,21). The second-order valence-electron chi connectivity index (χ2n) is 5.09. The first-order valence-electron chi connectivity index (χ1n) is 6.99. The van der Waals surface area contributed by atoms with Crippen LogP contribution >= 0.6 is 0 Å². The average Bonchev–Trinajstić information content (AvgIpc) is 2.38. The van der Waals surface area contributed by atoms with E-state index in [2.05, 4.69) is 10.6 Å². The van der Waals surface area contributed by atoms with Crippen LogP contribution in [0.15, 0.2) is 24.3 Å². The minimum atomic E-state index is -0.914. The number of urea groups is 1. The summed E-state index contributed by atoms with van der Waals surface area (Å²) in [5, 5.41) is 14.3. The first-order valence-corrected chi connectivity index (χ1v) is 6.99. The second-order valence-corrected chi connectivity index (χ2v) is 5.09. The Morgan fingerprint density at radius 2 is 1.95 bits per heavy atom. The van der Waals surface area contributed by atoms with Gasteiger partial charge in [-0.15, -0.1) is 0 Å². The van der Waals surface area contributed by atoms with Gasteiger partial charge in [0, 0.05) is 20.1 Å². The molecule has 0 aliphatic carbocycles. The van der Waals surface area contributed by atoms with Gasteiger partial charge in [0.05, 0.1) is 17.8 Å². The lowest BCUT2D eigenvalue weighted by atomic mass is 10.1. The summed E-state index contributed by atoms with van der Waals surface area (Å²) in [6.45, 7) is 1.95. The fourth-order valence-corrected chi connectivity index (χ4v) is 2.10. The summed E-state index contributed by atoms with van der Waals surface area (Å²) in [4.78, 5) is 24.7. The van der Waals surface area contributed by atoms with Crippen LogP contribution in [0.2, 0.25) is 0 Å². The van der Waals surface area contributed by atoms with E-state index in [1.54, 1.807) is 6.07 Å².